The number of aromatic nitrogens is 1. The summed E-state index contributed by atoms with van der Waals surface area (Å²) >= 11 is 3.39. The number of rotatable bonds is 11. The van der Waals surface area contributed by atoms with Gasteiger partial charge in [-0.05, 0) is 71.2 Å². The number of anilines is 1. The predicted octanol–water partition coefficient (Wildman–Crippen LogP) is 3.42. The van der Waals surface area contributed by atoms with Crippen LogP contribution in [-0.4, -0.2) is 43.4 Å². The highest BCUT2D eigenvalue weighted by Crippen LogP contribution is 2.27. The number of carbonyl (C=O) groups excluding carboxylic acids is 2. The highest BCUT2D eigenvalue weighted by molar-refractivity contribution is 9.10. The second kappa shape index (κ2) is 14.1. The summed E-state index contributed by atoms with van der Waals surface area (Å²) in [6.45, 7) is 3.10. The topological polar surface area (TPSA) is 144 Å². The molecule has 3 aromatic rings. The molecule has 208 valence electrons. The Morgan fingerprint density at radius 3 is 2.58 bits per heavy atom. The van der Waals surface area contributed by atoms with Crippen molar-refractivity contribution in [2.45, 2.75) is 27.0 Å². The molecule has 0 aliphatic heterocycles. The van der Waals surface area contributed by atoms with Gasteiger partial charge in [-0.2, -0.15) is 10.4 Å². The van der Waals surface area contributed by atoms with Crippen LogP contribution in [0.2, 0.25) is 0 Å². The summed E-state index contributed by atoms with van der Waals surface area (Å²) < 4.78 is 17.8. The third-order valence-electron chi connectivity index (χ3n) is 5.70. The summed E-state index contributed by atoms with van der Waals surface area (Å²) in [7, 11) is 2.92. The lowest BCUT2D eigenvalue weighted by Crippen LogP contribution is -2.33. The second-order valence-corrected chi connectivity index (χ2v) is 9.39. The van der Waals surface area contributed by atoms with Crippen LogP contribution in [0, 0.1) is 25.2 Å². The molecule has 0 bridgehead atoms. The zero-order valence-corrected chi connectivity index (χ0v) is 24.0. The van der Waals surface area contributed by atoms with Crippen LogP contribution in [0.4, 0.5) is 5.69 Å². The van der Waals surface area contributed by atoms with E-state index in [-0.39, 0.29) is 31.2 Å². The molecule has 0 radical (unpaired) electrons. The van der Waals surface area contributed by atoms with Gasteiger partial charge in [0, 0.05) is 28.5 Å². The number of benzene rings is 2. The number of pyridine rings is 1. The van der Waals surface area contributed by atoms with Crippen LogP contribution in [0.15, 0.2) is 56.8 Å². The Morgan fingerprint density at radius 2 is 1.90 bits per heavy atom. The Labute approximate surface area is 239 Å². The minimum absolute atomic E-state index is 0.0742. The number of aryl methyl sites for hydroxylation is 1. The lowest BCUT2D eigenvalue weighted by Gasteiger charge is -2.15. The van der Waals surface area contributed by atoms with Gasteiger partial charge in [-0.1, -0.05) is 12.1 Å². The van der Waals surface area contributed by atoms with Gasteiger partial charge in [-0.25, -0.2) is 5.43 Å². The van der Waals surface area contributed by atoms with E-state index >= 15 is 0 Å². The van der Waals surface area contributed by atoms with E-state index in [1.807, 2.05) is 31.2 Å². The average Bonchev–Trinajstić information content (AvgIpc) is 2.93. The van der Waals surface area contributed by atoms with Crippen molar-refractivity contribution >= 4 is 39.6 Å². The summed E-state index contributed by atoms with van der Waals surface area (Å²) in [5.41, 5.74) is 4.86. The first-order chi connectivity index (χ1) is 19.2. The maximum Gasteiger partial charge on any atom is 0.269 e. The molecule has 1 heterocycles. The Bertz CT molecular complexity index is 1540. The Hall–Kier alpha value is -4.47. The summed E-state index contributed by atoms with van der Waals surface area (Å²) in [6, 6.07) is 14.2. The number of nitrogens with one attached hydrogen (secondary N) is 2. The van der Waals surface area contributed by atoms with Crippen LogP contribution in [0.3, 0.4) is 0 Å². The number of hydrogen-bond donors (Lipinski definition) is 2. The largest absolute Gasteiger partial charge is 0.493 e. The average molecular weight is 610 g/mol. The van der Waals surface area contributed by atoms with Crippen LogP contribution >= 0.6 is 15.9 Å². The summed E-state index contributed by atoms with van der Waals surface area (Å²) in [6.07, 6.45) is 1.39. The van der Waals surface area contributed by atoms with Gasteiger partial charge >= 0.3 is 0 Å². The van der Waals surface area contributed by atoms with Crippen molar-refractivity contribution in [1.29, 1.82) is 5.26 Å². The maximum atomic E-state index is 12.8. The molecule has 0 saturated heterocycles. The molecular weight excluding hydrogens is 582 g/mol. The first-order valence-corrected chi connectivity index (χ1v) is 12.8. The first-order valence-electron chi connectivity index (χ1n) is 12.0. The molecule has 0 aliphatic rings. The van der Waals surface area contributed by atoms with E-state index in [4.69, 9.17) is 14.2 Å². The third kappa shape index (κ3) is 7.56. The first kappa shape index (κ1) is 30.1. The van der Waals surface area contributed by atoms with E-state index in [2.05, 4.69) is 31.8 Å². The van der Waals surface area contributed by atoms with Gasteiger partial charge in [0.25, 0.3) is 17.4 Å². The van der Waals surface area contributed by atoms with Gasteiger partial charge in [-0.15, -0.1) is 0 Å². The molecule has 0 saturated carbocycles. The van der Waals surface area contributed by atoms with Crippen molar-refractivity contribution < 1.29 is 23.8 Å². The number of hydrazone groups is 1. The molecule has 1 aromatic heterocycles. The van der Waals surface area contributed by atoms with Crippen LogP contribution in [0.1, 0.15) is 27.9 Å². The quantitative estimate of drug-likeness (QED) is 0.250. The molecule has 0 spiro atoms. The van der Waals surface area contributed by atoms with Crippen molar-refractivity contribution in [3.63, 3.8) is 0 Å². The molecule has 0 unspecified atom stereocenters. The van der Waals surface area contributed by atoms with E-state index < -0.39 is 11.5 Å². The predicted molar refractivity (Wildman–Crippen MR) is 153 cm³/mol. The van der Waals surface area contributed by atoms with Gasteiger partial charge in [0.05, 0.1) is 19.9 Å². The molecule has 0 aliphatic carbocycles. The molecule has 12 heteroatoms. The van der Waals surface area contributed by atoms with Crippen molar-refractivity contribution in [3.05, 3.63) is 85.2 Å². The van der Waals surface area contributed by atoms with Crippen LogP contribution < -0.4 is 25.8 Å². The monoisotopic (exact) mass is 609 g/mol. The molecule has 0 atom stereocenters. The summed E-state index contributed by atoms with van der Waals surface area (Å²) in [5, 5.41) is 16.2. The number of halogens is 1. The van der Waals surface area contributed by atoms with E-state index in [1.165, 1.54) is 25.0 Å². The molecule has 2 N–H and O–H groups in total. The standard InChI is InChI=1S/C28H28BrN5O6/c1-17-6-5-7-20(10-17)32-26(36)16-40-23-9-8-19(11-24(23)39-4)13-31-33-25(35)14-34-18(2)27(29)22(15-38-3)21(12-30)28(34)37/h5-11,13H,14-16H2,1-4H3,(H,32,36)(H,33,35)/b31-13+. The normalized spacial score (nSPS) is 10.7. The van der Waals surface area contributed by atoms with Crippen molar-refractivity contribution in [3.8, 4) is 17.6 Å². The fourth-order valence-electron chi connectivity index (χ4n) is 3.75. The van der Waals surface area contributed by atoms with E-state index in [0.29, 0.717) is 38.5 Å². The van der Waals surface area contributed by atoms with Gasteiger partial charge in [-0.3, -0.25) is 14.4 Å². The fraction of sp³-hybridized carbons (Fsp3) is 0.250. The molecular formula is C28H28BrN5O6. The van der Waals surface area contributed by atoms with Gasteiger partial charge in [0.2, 0.25) is 0 Å². The SMILES string of the molecule is COCc1c(Br)c(C)n(CC(=O)N/N=C/c2ccc(OCC(=O)Nc3cccc(C)c3)c(OC)c2)c(=O)c1C#N. The number of carbonyl (C=O) groups is 2. The van der Waals surface area contributed by atoms with Crippen molar-refractivity contribution in [1.82, 2.24) is 9.99 Å². The Kier molecular flexibility index (Phi) is 10.6. The van der Waals surface area contributed by atoms with E-state index in [9.17, 15) is 19.6 Å². The number of hydrogen-bond acceptors (Lipinski definition) is 8. The lowest BCUT2D eigenvalue weighted by molar-refractivity contribution is -0.121. The fourth-order valence-corrected chi connectivity index (χ4v) is 4.28. The highest BCUT2D eigenvalue weighted by atomic mass is 79.9. The smallest absolute Gasteiger partial charge is 0.269 e. The number of methoxy groups -OCH3 is 2. The van der Waals surface area contributed by atoms with Crippen molar-refractivity contribution in [2.24, 2.45) is 5.10 Å². The van der Waals surface area contributed by atoms with Gasteiger partial charge in [0.15, 0.2) is 18.1 Å². The summed E-state index contributed by atoms with van der Waals surface area (Å²) in [4.78, 5) is 37.6. The van der Waals surface area contributed by atoms with Crippen LogP contribution in [0.5, 0.6) is 11.5 Å². The molecule has 11 nitrogen and oxygen atoms in total. The minimum Gasteiger partial charge on any atom is -0.493 e. The lowest BCUT2D eigenvalue weighted by atomic mass is 10.1. The molecule has 40 heavy (non-hydrogen) atoms. The molecule has 0 fully saturated rings. The Balaban J connectivity index is 1.63. The van der Waals surface area contributed by atoms with Crippen LogP contribution in [-0.2, 0) is 27.5 Å². The molecule has 2 aromatic carbocycles. The maximum absolute atomic E-state index is 12.8. The van der Waals surface area contributed by atoms with E-state index in [1.54, 1.807) is 31.2 Å². The molecule has 3 rings (SSSR count). The van der Waals surface area contributed by atoms with Crippen LogP contribution in [0.25, 0.3) is 0 Å². The van der Waals surface area contributed by atoms with Gasteiger partial charge < -0.3 is 24.1 Å². The number of ether oxygens (including phenoxy) is 3. The highest BCUT2D eigenvalue weighted by Gasteiger charge is 2.19. The zero-order chi connectivity index (χ0) is 29.2. The third-order valence-corrected chi connectivity index (χ3v) is 6.75. The molecule has 2 amide bonds. The summed E-state index contributed by atoms with van der Waals surface area (Å²) in [5.74, 6) is -0.166. The zero-order valence-electron chi connectivity index (χ0n) is 22.4. The Morgan fingerprint density at radius 1 is 1.12 bits per heavy atom. The van der Waals surface area contributed by atoms with Crippen molar-refractivity contribution in [2.75, 3.05) is 26.1 Å². The number of amides is 2. The van der Waals surface area contributed by atoms with E-state index in [0.717, 1.165) is 5.56 Å². The number of nitriles is 1. The number of nitrogens with zero attached hydrogens (tertiary/aromatic N) is 3. The second-order valence-electron chi connectivity index (χ2n) is 8.60. The minimum atomic E-state index is -0.595. The van der Waals surface area contributed by atoms with Gasteiger partial charge in [0.1, 0.15) is 18.2 Å².